The van der Waals surface area contributed by atoms with E-state index in [1.807, 2.05) is 46.8 Å². The molecule has 1 spiro atoms. The number of aliphatic hydroxyl groups excluding tert-OH is 1. The van der Waals surface area contributed by atoms with Crippen LogP contribution in [0.25, 0.3) is 0 Å². The monoisotopic (exact) mass is 585 g/mol. The number of likely N-dealkylation sites (tertiary alicyclic amines) is 1. The van der Waals surface area contributed by atoms with Gasteiger partial charge in [-0.05, 0) is 50.2 Å². The topological polar surface area (TPSA) is 90.4 Å². The van der Waals surface area contributed by atoms with Crippen LogP contribution in [0.3, 0.4) is 0 Å². The molecule has 41 heavy (non-hydrogen) atoms. The molecule has 1 aromatic carbocycles. The van der Waals surface area contributed by atoms with Gasteiger partial charge in [-0.2, -0.15) is 0 Å². The standard InChI is InChI=1S/C32H44ClN3O5/c1-9-14-34(8)28(38)24-25-29(39)36(22(18-37)16-19(3)4)27(32(25)17-21(6)31(24,7)41-32)30(40)35(15-10-2)26-20(5)12-11-13-23(26)33/h9-13,19,21-22,24-25,27,37H,1-2,14-18H2,3-8H3/t21?,22-,24-,25+,27?,31+,32?/m1/s1. The Balaban J connectivity index is 1.93. The summed E-state index contributed by atoms with van der Waals surface area (Å²) in [6, 6.07) is 3.75. The van der Waals surface area contributed by atoms with Gasteiger partial charge in [-0.25, -0.2) is 0 Å². The first-order valence-electron chi connectivity index (χ1n) is 14.5. The van der Waals surface area contributed by atoms with Gasteiger partial charge in [0.05, 0.1) is 40.8 Å². The first kappa shape index (κ1) is 31.3. The summed E-state index contributed by atoms with van der Waals surface area (Å²) >= 11 is 6.66. The molecule has 3 amide bonds. The van der Waals surface area contributed by atoms with Gasteiger partial charge in [-0.15, -0.1) is 13.2 Å². The van der Waals surface area contributed by atoms with Crippen molar-refractivity contribution in [3.05, 3.63) is 54.1 Å². The number of benzene rings is 1. The largest absolute Gasteiger partial charge is 0.394 e. The summed E-state index contributed by atoms with van der Waals surface area (Å²) in [4.78, 5) is 48.1. The van der Waals surface area contributed by atoms with Crippen LogP contribution in [0.4, 0.5) is 5.69 Å². The third kappa shape index (κ3) is 4.82. The maximum Gasteiger partial charge on any atom is 0.253 e. The van der Waals surface area contributed by atoms with E-state index >= 15 is 0 Å². The second-order valence-corrected chi connectivity index (χ2v) is 13.0. The van der Waals surface area contributed by atoms with Gasteiger partial charge < -0.3 is 24.5 Å². The van der Waals surface area contributed by atoms with E-state index < -0.39 is 35.1 Å². The van der Waals surface area contributed by atoms with E-state index in [1.165, 1.54) is 0 Å². The van der Waals surface area contributed by atoms with Gasteiger partial charge in [0.25, 0.3) is 5.91 Å². The molecule has 0 aromatic heterocycles. The predicted molar refractivity (Wildman–Crippen MR) is 161 cm³/mol. The van der Waals surface area contributed by atoms with Crippen molar-refractivity contribution in [1.82, 2.24) is 9.80 Å². The van der Waals surface area contributed by atoms with Crippen molar-refractivity contribution in [3.63, 3.8) is 0 Å². The minimum Gasteiger partial charge on any atom is -0.394 e. The third-order valence-electron chi connectivity index (χ3n) is 9.42. The second kappa shape index (κ2) is 11.5. The number of anilines is 1. The number of carbonyl (C=O) groups is 3. The van der Waals surface area contributed by atoms with Gasteiger partial charge >= 0.3 is 0 Å². The van der Waals surface area contributed by atoms with E-state index in [9.17, 15) is 19.5 Å². The van der Waals surface area contributed by atoms with E-state index in [2.05, 4.69) is 13.2 Å². The molecule has 1 N–H and O–H groups in total. The number of hydrogen-bond donors (Lipinski definition) is 1. The number of likely N-dealkylation sites (N-methyl/N-ethyl adjacent to an activating group) is 1. The fraction of sp³-hybridized carbons (Fsp3) is 0.594. The molecule has 0 aliphatic carbocycles. The van der Waals surface area contributed by atoms with Crippen LogP contribution >= 0.6 is 11.6 Å². The number of ether oxygens (including phenoxy) is 1. The molecular weight excluding hydrogens is 542 g/mol. The molecule has 3 aliphatic heterocycles. The fourth-order valence-corrected chi connectivity index (χ4v) is 7.92. The first-order chi connectivity index (χ1) is 19.3. The minimum atomic E-state index is -1.24. The van der Waals surface area contributed by atoms with Gasteiger partial charge in [0.15, 0.2) is 0 Å². The zero-order chi connectivity index (χ0) is 30.4. The van der Waals surface area contributed by atoms with Crippen LogP contribution in [-0.4, -0.2) is 82.7 Å². The lowest BCUT2D eigenvalue weighted by molar-refractivity contribution is -0.153. The van der Waals surface area contributed by atoms with Crippen LogP contribution in [0.5, 0.6) is 0 Å². The SMILES string of the molecule is C=CCN(C)C(=O)[C@H]1[C@H]2C(=O)N([C@@H](CO)CC(C)C)C(C(=O)N(CC=C)c3c(C)cccc3Cl)C23CC(C)[C@]1(C)O3. The number of nitrogens with zero attached hydrogens (tertiary/aromatic N) is 3. The highest BCUT2D eigenvalue weighted by Crippen LogP contribution is 2.66. The molecule has 9 heteroatoms. The number of amides is 3. The summed E-state index contributed by atoms with van der Waals surface area (Å²) in [7, 11) is 1.69. The van der Waals surface area contributed by atoms with Gasteiger partial charge in [0.2, 0.25) is 11.8 Å². The van der Waals surface area contributed by atoms with Crippen molar-refractivity contribution >= 4 is 35.0 Å². The molecular formula is C32H44ClN3O5. The summed E-state index contributed by atoms with van der Waals surface area (Å²) in [5, 5.41) is 11.0. The lowest BCUT2D eigenvalue weighted by Gasteiger charge is -2.40. The number of rotatable bonds is 11. The molecule has 2 bridgehead atoms. The smallest absolute Gasteiger partial charge is 0.253 e. The van der Waals surface area contributed by atoms with E-state index in [0.717, 1.165) is 5.56 Å². The number of halogens is 1. The van der Waals surface area contributed by atoms with E-state index in [4.69, 9.17) is 16.3 Å². The lowest BCUT2D eigenvalue weighted by atomic mass is 9.62. The molecule has 4 rings (SSSR count). The van der Waals surface area contributed by atoms with Crippen LogP contribution in [-0.2, 0) is 19.1 Å². The molecule has 7 atom stereocenters. The Labute approximate surface area is 248 Å². The minimum absolute atomic E-state index is 0.0968. The fourth-order valence-electron chi connectivity index (χ4n) is 7.60. The number of fused-ring (bicyclic) bond motifs is 1. The quantitative estimate of drug-likeness (QED) is 0.393. The van der Waals surface area contributed by atoms with Crippen molar-refractivity contribution in [3.8, 4) is 0 Å². The average molecular weight is 586 g/mol. The summed E-state index contributed by atoms with van der Waals surface area (Å²) < 4.78 is 6.88. The Morgan fingerprint density at radius 2 is 1.90 bits per heavy atom. The molecule has 3 fully saturated rings. The Hall–Kier alpha value is -2.68. The normalized spacial score (nSPS) is 30.9. The van der Waals surface area contributed by atoms with Crippen molar-refractivity contribution in [2.75, 3.05) is 31.6 Å². The number of aliphatic hydroxyl groups is 1. The van der Waals surface area contributed by atoms with Crippen molar-refractivity contribution in [2.24, 2.45) is 23.7 Å². The molecule has 0 saturated carbocycles. The van der Waals surface area contributed by atoms with Crippen molar-refractivity contribution in [2.45, 2.75) is 70.7 Å². The summed E-state index contributed by atoms with van der Waals surface area (Å²) in [6.07, 6.45) is 4.20. The Morgan fingerprint density at radius 3 is 2.46 bits per heavy atom. The average Bonchev–Trinajstić information content (AvgIpc) is 3.42. The zero-order valence-electron chi connectivity index (χ0n) is 25.1. The predicted octanol–water partition coefficient (Wildman–Crippen LogP) is 4.23. The second-order valence-electron chi connectivity index (χ2n) is 12.6. The molecule has 8 nitrogen and oxygen atoms in total. The van der Waals surface area contributed by atoms with Crippen molar-refractivity contribution in [1.29, 1.82) is 0 Å². The van der Waals surface area contributed by atoms with Gasteiger partial charge in [-0.3, -0.25) is 14.4 Å². The summed E-state index contributed by atoms with van der Waals surface area (Å²) in [5.74, 6) is -2.48. The van der Waals surface area contributed by atoms with Crippen LogP contribution in [0.1, 0.15) is 46.1 Å². The number of hydrogen-bond acceptors (Lipinski definition) is 5. The zero-order valence-corrected chi connectivity index (χ0v) is 25.9. The van der Waals surface area contributed by atoms with E-state index in [1.54, 1.807) is 40.0 Å². The number of carbonyl (C=O) groups excluding carboxylic acids is 3. The van der Waals surface area contributed by atoms with Crippen LogP contribution < -0.4 is 4.90 Å². The Kier molecular flexibility index (Phi) is 8.80. The molecule has 3 heterocycles. The maximum absolute atomic E-state index is 14.9. The van der Waals surface area contributed by atoms with Gasteiger partial charge in [0, 0.05) is 20.1 Å². The van der Waals surface area contributed by atoms with Crippen molar-refractivity contribution < 1.29 is 24.2 Å². The Morgan fingerprint density at radius 1 is 1.24 bits per heavy atom. The maximum atomic E-state index is 14.9. The van der Waals surface area contributed by atoms with Crippen LogP contribution in [0.2, 0.25) is 5.02 Å². The van der Waals surface area contributed by atoms with E-state index in [0.29, 0.717) is 30.1 Å². The van der Waals surface area contributed by atoms with Gasteiger partial charge in [0.1, 0.15) is 11.6 Å². The molecule has 1 aromatic rings. The molecule has 3 saturated heterocycles. The lowest BCUT2D eigenvalue weighted by Crippen LogP contribution is -2.59. The highest BCUT2D eigenvalue weighted by Gasteiger charge is 2.80. The van der Waals surface area contributed by atoms with Crippen LogP contribution in [0.15, 0.2) is 43.5 Å². The Bertz CT molecular complexity index is 1220. The number of aryl methyl sites for hydroxylation is 1. The molecule has 224 valence electrons. The first-order valence-corrected chi connectivity index (χ1v) is 14.8. The third-order valence-corrected chi connectivity index (χ3v) is 9.72. The summed E-state index contributed by atoms with van der Waals surface area (Å²) in [5.41, 5.74) is -0.833. The van der Waals surface area contributed by atoms with Crippen LogP contribution in [0, 0.1) is 30.6 Å². The molecule has 3 aliphatic rings. The van der Waals surface area contributed by atoms with E-state index in [-0.39, 0.29) is 42.7 Å². The summed E-state index contributed by atoms with van der Waals surface area (Å²) in [6.45, 7) is 17.6. The van der Waals surface area contributed by atoms with Gasteiger partial charge in [-0.1, -0.05) is 56.7 Å². The number of para-hydroxylation sites is 1. The molecule has 3 unspecified atom stereocenters. The molecule has 0 radical (unpaired) electrons. The highest BCUT2D eigenvalue weighted by molar-refractivity contribution is 6.34. The highest BCUT2D eigenvalue weighted by atomic mass is 35.5.